The minimum atomic E-state index is -0.582. The first-order valence-corrected chi connectivity index (χ1v) is 13.2. The third-order valence-corrected chi connectivity index (χ3v) is 9.14. The summed E-state index contributed by atoms with van der Waals surface area (Å²) in [5.74, 6) is 1.06. The fraction of sp³-hybridized carbons (Fsp3) is 0.500. The highest BCUT2D eigenvalue weighted by Crippen LogP contribution is 2.44. The Morgan fingerprint density at radius 1 is 1.26 bits per heavy atom. The molecule has 0 unspecified atom stereocenters. The molecule has 2 aliphatic rings. The highest BCUT2D eigenvalue weighted by molar-refractivity contribution is 7.19. The van der Waals surface area contributed by atoms with Crippen LogP contribution in [0.15, 0.2) is 24.7 Å². The molecular weight excluding hydrogens is 444 g/mol. The Kier molecular flexibility index (Phi) is 5.08. The molecule has 0 spiro atoms. The van der Waals surface area contributed by atoms with Gasteiger partial charge in [-0.2, -0.15) is 5.10 Å². The first-order chi connectivity index (χ1) is 16.3. The Balaban J connectivity index is 1.28. The molecule has 178 valence electrons. The molecule has 0 aromatic carbocycles. The lowest BCUT2D eigenvalue weighted by Crippen LogP contribution is -2.60. The SMILES string of the molecule is Cc1cc(-c2[nH]c3cc(C4CCN(C(=O)C5(N)CCC5)CC4)sc3c2C(C)C)cn2ncnc12. The number of carbonyl (C=O) groups excluding carboxylic acids is 1. The first-order valence-electron chi connectivity index (χ1n) is 12.4. The zero-order valence-corrected chi connectivity index (χ0v) is 20.9. The van der Waals surface area contributed by atoms with Crippen molar-refractivity contribution in [2.45, 2.75) is 70.3 Å². The van der Waals surface area contributed by atoms with E-state index in [9.17, 15) is 4.79 Å². The number of nitrogens with zero attached hydrogens (tertiary/aromatic N) is 4. The third-order valence-electron chi connectivity index (χ3n) is 7.81. The maximum Gasteiger partial charge on any atom is 0.242 e. The third kappa shape index (κ3) is 3.38. The molecule has 8 heteroatoms. The molecule has 4 aromatic rings. The van der Waals surface area contributed by atoms with Gasteiger partial charge in [-0.25, -0.2) is 9.50 Å². The first kappa shape index (κ1) is 21.8. The lowest BCUT2D eigenvalue weighted by atomic mass is 9.76. The number of hydrogen-bond donors (Lipinski definition) is 2. The number of carbonyl (C=O) groups is 1. The summed E-state index contributed by atoms with van der Waals surface area (Å²) >= 11 is 1.92. The Bertz CT molecular complexity index is 1380. The lowest BCUT2D eigenvalue weighted by molar-refractivity contribution is -0.141. The van der Waals surface area contributed by atoms with Gasteiger partial charge in [0.15, 0.2) is 5.65 Å². The summed E-state index contributed by atoms with van der Waals surface area (Å²) in [5.41, 5.74) is 12.6. The summed E-state index contributed by atoms with van der Waals surface area (Å²) in [6.07, 6.45) is 8.44. The molecule has 1 aliphatic heterocycles. The van der Waals surface area contributed by atoms with Gasteiger partial charge in [-0.1, -0.05) is 13.8 Å². The van der Waals surface area contributed by atoms with Crippen LogP contribution < -0.4 is 5.73 Å². The quantitative estimate of drug-likeness (QED) is 0.435. The molecule has 6 rings (SSSR count). The highest BCUT2D eigenvalue weighted by Gasteiger charge is 2.43. The summed E-state index contributed by atoms with van der Waals surface area (Å²) in [6, 6.07) is 4.54. The lowest BCUT2D eigenvalue weighted by Gasteiger charge is -2.42. The minimum Gasteiger partial charge on any atom is -0.354 e. The van der Waals surface area contributed by atoms with Gasteiger partial charge in [0.2, 0.25) is 5.91 Å². The number of piperidine rings is 1. The van der Waals surface area contributed by atoms with E-state index in [4.69, 9.17) is 5.73 Å². The maximum atomic E-state index is 12.8. The van der Waals surface area contributed by atoms with Crippen molar-refractivity contribution in [3.05, 3.63) is 40.7 Å². The van der Waals surface area contributed by atoms with Crippen LogP contribution in [0.5, 0.6) is 0 Å². The number of aryl methyl sites for hydroxylation is 1. The van der Waals surface area contributed by atoms with Crippen molar-refractivity contribution in [2.75, 3.05) is 13.1 Å². The topological polar surface area (TPSA) is 92.3 Å². The molecular formula is C26H32N6OS. The van der Waals surface area contributed by atoms with E-state index in [1.807, 2.05) is 20.8 Å². The van der Waals surface area contributed by atoms with E-state index in [0.717, 1.165) is 62.0 Å². The molecule has 3 N–H and O–H groups in total. The summed E-state index contributed by atoms with van der Waals surface area (Å²) < 4.78 is 3.21. The van der Waals surface area contributed by atoms with Crippen molar-refractivity contribution in [3.8, 4) is 11.3 Å². The van der Waals surface area contributed by atoms with Gasteiger partial charge in [0.1, 0.15) is 6.33 Å². The van der Waals surface area contributed by atoms with Gasteiger partial charge in [-0.3, -0.25) is 4.79 Å². The van der Waals surface area contributed by atoms with Gasteiger partial charge < -0.3 is 15.6 Å². The van der Waals surface area contributed by atoms with Crippen LogP contribution in [0.25, 0.3) is 27.1 Å². The Hall–Kier alpha value is -2.71. The summed E-state index contributed by atoms with van der Waals surface area (Å²) in [7, 11) is 0. The molecule has 5 heterocycles. The number of hydrogen-bond acceptors (Lipinski definition) is 5. The monoisotopic (exact) mass is 476 g/mol. The molecule has 0 radical (unpaired) electrons. The molecule has 1 saturated heterocycles. The Morgan fingerprint density at radius 3 is 2.71 bits per heavy atom. The van der Waals surface area contributed by atoms with Crippen molar-refractivity contribution in [3.63, 3.8) is 0 Å². The van der Waals surface area contributed by atoms with Crippen LogP contribution in [0.3, 0.4) is 0 Å². The number of fused-ring (bicyclic) bond motifs is 2. The van der Waals surface area contributed by atoms with Crippen LogP contribution in [-0.2, 0) is 4.79 Å². The fourth-order valence-corrected chi connectivity index (χ4v) is 7.16. The van der Waals surface area contributed by atoms with Crippen LogP contribution in [0.2, 0.25) is 0 Å². The van der Waals surface area contributed by atoms with E-state index in [2.05, 4.69) is 54.2 Å². The van der Waals surface area contributed by atoms with Gasteiger partial charge >= 0.3 is 0 Å². The second kappa shape index (κ2) is 7.92. The molecule has 1 amide bonds. The van der Waals surface area contributed by atoms with E-state index < -0.39 is 5.54 Å². The van der Waals surface area contributed by atoms with Crippen LogP contribution in [0.4, 0.5) is 0 Å². The molecule has 34 heavy (non-hydrogen) atoms. The van der Waals surface area contributed by atoms with Crippen LogP contribution >= 0.6 is 11.3 Å². The van der Waals surface area contributed by atoms with E-state index >= 15 is 0 Å². The van der Waals surface area contributed by atoms with Crippen LogP contribution in [-0.4, -0.2) is 49.0 Å². The minimum absolute atomic E-state index is 0.168. The summed E-state index contributed by atoms with van der Waals surface area (Å²) in [6.45, 7) is 8.24. The van der Waals surface area contributed by atoms with Gasteiger partial charge in [-0.15, -0.1) is 11.3 Å². The van der Waals surface area contributed by atoms with Gasteiger partial charge in [0, 0.05) is 29.7 Å². The molecule has 4 aromatic heterocycles. The molecule has 7 nitrogen and oxygen atoms in total. The number of thiophene rings is 1. The van der Waals surface area contributed by atoms with E-state index in [1.165, 1.54) is 26.4 Å². The molecule has 0 bridgehead atoms. The van der Waals surface area contributed by atoms with Gasteiger partial charge in [-0.05, 0) is 74.1 Å². The number of rotatable bonds is 4. The second-order valence-electron chi connectivity index (χ2n) is 10.5. The summed E-state index contributed by atoms with van der Waals surface area (Å²) in [4.78, 5) is 24.3. The van der Waals surface area contributed by atoms with E-state index in [-0.39, 0.29) is 5.91 Å². The van der Waals surface area contributed by atoms with Crippen molar-refractivity contribution < 1.29 is 4.79 Å². The van der Waals surface area contributed by atoms with E-state index in [0.29, 0.717) is 11.8 Å². The zero-order chi connectivity index (χ0) is 23.6. The van der Waals surface area contributed by atoms with Crippen LogP contribution in [0.1, 0.15) is 73.8 Å². The molecule has 1 saturated carbocycles. The Morgan fingerprint density at radius 2 is 2.03 bits per heavy atom. The number of aromatic amines is 1. The highest BCUT2D eigenvalue weighted by atomic mass is 32.1. The van der Waals surface area contributed by atoms with Gasteiger partial charge in [0.25, 0.3) is 0 Å². The normalized spacial score (nSPS) is 18.8. The molecule has 0 atom stereocenters. The average molecular weight is 477 g/mol. The zero-order valence-electron chi connectivity index (χ0n) is 20.1. The molecule has 1 aliphatic carbocycles. The fourth-order valence-electron chi connectivity index (χ4n) is 5.68. The maximum absolute atomic E-state index is 12.8. The van der Waals surface area contributed by atoms with E-state index in [1.54, 1.807) is 6.33 Å². The summed E-state index contributed by atoms with van der Waals surface area (Å²) in [5, 5.41) is 4.36. The number of nitrogens with one attached hydrogen (secondary N) is 1. The van der Waals surface area contributed by atoms with Crippen LogP contribution in [0, 0.1) is 6.92 Å². The number of aromatic nitrogens is 4. The number of pyridine rings is 1. The largest absolute Gasteiger partial charge is 0.354 e. The number of amides is 1. The van der Waals surface area contributed by atoms with Crippen molar-refractivity contribution in [2.24, 2.45) is 5.73 Å². The Labute approximate surface area is 203 Å². The van der Waals surface area contributed by atoms with Gasteiger partial charge in [0.05, 0.1) is 21.4 Å². The van der Waals surface area contributed by atoms with Crippen molar-refractivity contribution in [1.82, 2.24) is 24.5 Å². The van der Waals surface area contributed by atoms with Crippen molar-refractivity contribution in [1.29, 1.82) is 0 Å². The number of nitrogens with two attached hydrogens (primary N) is 1. The number of likely N-dealkylation sites (tertiary alicyclic amines) is 1. The number of H-pyrrole nitrogens is 1. The smallest absolute Gasteiger partial charge is 0.242 e. The van der Waals surface area contributed by atoms with Crippen molar-refractivity contribution >= 4 is 33.1 Å². The predicted molar refractivity (Wildman–Crippen MR) is 136 cm³/mol. The standard InChI is InChI=1S/C26H32N6OS/c1-15(2)21-22(18-11-16(3)24-28-14-29-32(24)13-18)30-19-12-20(34-23(19)21)17-5-9-31(10-6-17)25(33)26(27)7-4-8-26/h11-15,17,30H,4-10,27H2,1-3H3. The molecule has 2 fully saturated rings. The second-order valence-corrected chi connectivity index (χ2v) is 11.6. The average Bonchev–Trinajstić information content (AvgIpc) is 3.51. The predicted octanol–water partition coefficient (Wildman–Crippen LogP) is 4.96.